The van der Waals surface area contributed by atoms with Crippen molar-refractivity contribution in [2.45, 2.75) is 0 Å². The molecule has 0 heterocycles. The van der Waals surface area contributed by atoms with Gasteiger partial charge < -0.3 is 10.3 Å². The minimum Gasteiger partial charge on any atom is -0.453 e. The van der Waals surface area contributed by atoms with Crippen LogP contribution in [0.5, 0.6) is 0 Å². The summed E-state index contributed by atoms with van der Waals surface area (Å²) in [6, 6.07) is 7.70. The predicted octanol–water partition coefficient (Wildman–Crippen LogP) is 2.31. The average Bonchev–Trinajstić information content (AvgIpc) is 2.27. The van der Waals surface area contributed by atoms with Crippen molar-refractivity contribution in [2.24, 2.45) is 0 Å². The topological polar surface area (TPSA) is 62.7 Å². The highest BCUT2D eigenvalue weighted by Crippen LogP contribution is 2.11. The first kappa shape index (κ1) is 12.4. The van der Waals surface area contributed by atoms with E-state index >= 15 is 0 Å². The third kappa shape index (κ3) is 4.68. The average molecular weight is 281 g/mol. The molecule has 0 fully saturated rings. The molecule has 0 unspecified atom stereocenters. The molecule has 1 aromatic rings. The molecule has 0 aromatic heterocycles. The molecule has 5 heteroatoms. The van der Waals surface area contributed by atoms with Crippen LogP contribution in [0.1, 0.15) is 5.56 Å². The summed E-state index contributed by atoms with van der Waals surface area (Å²) in [5.41, 5.74) is 9.05. The molecule has 0 aliphatic carbocycles. The summed E-state index contributed by atoms with van der Waals surface area (Å²) in [7, 11) is 0. The molecule has 0 saturated carbocycles. The van der Waals surface area contributed by atoms with Crippen LogP contribution in [0.15, 0.2) is 34.8 Å². The van der Waals surface area contributed by atoms with E-state index in [2.05, 4.69) is 25.5 Å². The number of halogens is 1. The molecule has 4 nitrogen and oxygen atoms in total. The Balaban J connectivity index is 2.40. The predicted molar refractivity (Wildman–Crippen MR) is 63.8 cm³/mol. The second-order valence-corrected chi connectivity index (χ2v) is 3.74. The Morgan fingerprint density at radius 1 is 1.44 bits per heavy atom. The van der Waals surface area contributed by atoms with Gasteiger partial charge in [0.15, 0.2) is 0 Å². The van der Waals surface area contributed by atoms with Crippen molar-refractivity contribution in [2.75, 3.05) is 6.61 Å². The van der Waals surface area contributed by atoms with E-state index in [1.165, 1.54) is 0 Å². The van der Waals surface area contributed by atoms with Gasteiger partial charge in [0.1, 0.15) is 6.61 Å². The Morgan fingerprint density at radius 2 is 2.12 bits per heavy atom. The van der Waals surface area contributed by atoms with Gasteiger partial charge in [0.05, 0.1) is 0 Å². The highest BCUT2D eigenvalue weighted by Gasteiger charge is 1.99. The fraction of sp³-hybridized carbons (Fsp3) is 0.0909. The molecule has 82 valence electrons. The second-order valence-electron chi connectivity index (χ2n) is 2.83. The Kier molecular flexibility index (Phi) is 5.19. The maximum absolute atomic E-state index is 10.7. The highest BCUT2D eigenvalue weighted by molar-refractivity contribution is 9.10. The van der Waals surface area contributed by atoms with E-state index in [9.17, 15) is 4.79 Å². The zero-order chi connectivity index (χ0) is 11.8. The first-order valence-corrected chi connectivity index (χ1v) is 5.28. The van der Waals surface area contributed by atoms with Crippen LogP contribution < -0.4 is 0 Å². The molecule has 0 aliphatic rings. The van der Waals surface area contributed by atoms with E-state index in [1.807, 2.05) is 30.3 Å². The molecular formula is C11H9BrN2O2. The minimum atomic E-state index is -0.678. The molecule has 1 aromatic carbocycles. The van der Waals surface area contributed by atoms with Gasteiger partial charge in [-0.1, -0.05) is 34.1 Å². The Bertz CT molecular complexity index is 434. The van der Waals surface area contributed by atoms with E-state index in [-0.39, 0.29) is 6.61 Å². The van der Waals surface area contributed by atoms with Crippen LogP contribution in [-0.2, 0) is 9.53 Å². The molecule has 0 N–H and O–H groups in total. The van der Waals surface area contributed by atoms with Gasteiger partial charge in [0, 0.05) is 4.47 Å². The first-order valence-electron chi connectivity index (χ1n) is 4.48. The van der Waals surface area contributed by atoms with Crippen LogP contribution in [0.3, 0.4) is 0 Å². The minimum absolute atomic E-state index is 0.140. The molecule has 0 spiro atoms. The van der Waals surface area contributed by atoms with E-state index in [0.717, 1.165) is 10.0 Å². The number of carbonyl (C=O) groups excluding carboxylic acids is 1. The standard InChI is InChI=1S/C11H9BrN2O2/c12-10-5-3-9(4-6-10)2-1-7-16-11(15)8-14-13/h1-6,8H,7H2/b2-1+. The van der Waals surface area contributed by atoms with Gasteiger partial charge in [-0.2, -0.15) is 4.79 Å². The zero-order valence-electron chi connectivity index (χ0n) is 8.34. The Morgan fingerprint density at radius 3 is 2.75 bits per heavy atom. The molecule has 0 amide bonds. The quantitative estimate of drug-likeness (QED) is 0.368. The summed E-state index contributed by atoms with van der Waals surface area (Å²) in [5, 5.41) is 0. The van der Waals surface area contributed by atoms with Crippen LogP contribution in [0.25, 0.3) is 11.6 Å². The summed E-state index contributed by atoms with van der Waals surface area (Å²) < 4.78 is 5.69. The molecule has 0 bridgehead atoms. The molecule has 0 radical (unpaired) electrons. The summed E-state index contributed by atoms with van der Waals surface area (Å²) >= 11 is 3.33. The van der Waals surface area contributed by atoms with E-state index in [4.69, 9.17) is 5.53 Å². The molecule has 0 aliphatic heterocycles. The number of rotatable bonds is 4. The van der Waals surface area contributed by atoms with Crippen molar-refractivity contribution in [3.63, 3.8) is 0 Å². The van der Waals surface area contributed by atoms with Gasteiger partial charge in [-0.05, 0) is 23.8 Å². The number of carbonyl (C=O) groups is 1. The number of hydrogen-bond donors (Lipinski definition) is 0. The lowest BCUT2D eigenvalue weighted by atomic mass is 10.2. The van der Waals surface area contributed by atoms with Gasteiger partial charge in [-0.3, -0.25) is 0 Å². The molecule has 1 rings (SSSR count). The largest absolute Gasteiger partial charge is 0.453 e. The van der Waals surface area contributed by atoms with Crippen LogP contribution in [0, 0.1) is 0 Å². The third-order valence-corrected chi connectivity index (χ3v) is 2.19. The number of ether oxygens (including phenoxy) is 1. The molecule has 16 heavy (non-hydrogen) atoms. The van der Waals surface area contributed by atoms with E-state index < -0.39 is 5.97 Å². The number of hydrogen-bond acceptors (Lipinski definition) is 2. The van der Waals surface area contributed by atoms with E-state index in [1.54, 1.807) is 6.08 Å². The van der Waals surface area contributed by atoms with Gasteiger partial charge in [-0.15, -0.1) is 0 Å². The van der Waals surface area contributed by atoms with Gasteiger partial charge in [-0.25, -0.2) is 4.79 Å². The Labute approximate surface area is 101 Å². The first-order chi connectivity index (χ1) is 7.72. The maximum Gasteiger partial charge on any atom is 0.413 e. The Hall–Kier alpha value is -1.71. The molecular weight excluding hydrogens is 272 g/mol. The fourth-order valence-electron chi connectivity index (χ4n) is 0.973. The molecule has 0 saturated heterocycles. The van der Waals surface area contributed by atoms with Crippen molar-refractivity contribution < 1.29 is 14.3 Å². The van der Waals surface area contributed by atoms with Crippen LogP contribution >= 0.6 is 15.9 Å². The lowest BCUT2D eigenvalue weighted by molar-refractivity contribution is -0.137. The van der Waals surface area contributed by atoms with Crippen LogP contribution in [-0.4, -0.2) is 23.6 Å². The number of esters is 1. The monoisotopic (exact) mass is 280 g/mol. The van der Waals surface area contributed by atoms with Crippen LogP contribution in [0.2, 0.25) is 0 Å². The van der Waals surface area contributed by atoms with Crippen molar-refractivity contribution >= 4 is 34.2 Å². The van der Waals surface area contributed by atoms with Crippen molar-refractivity contribution in [1.29, 1.82) is 0 Å². The SMILES string of the molecule is [N-]=[N+]=CC(=O)OC/C=C/c1ccc(Br)cc1. The van der Waals surface area contributed by atoms with Gasteiger partial charge >= 0.3 is 12.2 Å². The lowest BCUT2D eigenvalue weighted by Gasteiger charge is -1.94. The highest BCUT2D eigenvalue weighted by atomic mass is 79.9. The normalized spacial score (nSPS) is 9.81. The number of nitrogens with zero attached hydrogens (tertiary/aromatic N) is 2. The van der Waals surface area contributed by atoms with Gasteiger partial charge in [0.25, 0.3) is 0 Å². The third-order valence-electron chi connectivity index (χ3n) is 1.67. The van der Waals surface area contributed by atoms with E-state index in [0.29, 0.717) is 6.21 Å². The van der Waals surface area contributed by atoms with Gasteiger partial charge in [0.2, 0.25) is 0 Å². The zero-order valence-corrected chi connectivity index (χ0v) is 9.92. The maximum atomic E-state index is 10.7. The van der Waals surface area contributed by atoms with Crippen molar-refractivity contribution in [3.8, 4) is 0 Å². The van der Waals surface area contributed by atoms with Crippen LogP contribution in [0.4, 0.5) is 0 Å². The second kappa shape index (κ2) is 6.71. The summed E-state index contributed by atoms with van der Waals surface area (Å²) in [6.45, 7) is 0.140. The van der Waals surface area contributed by atoms with Crippen molar-refractivity contribution in [3.05, 3.63) is 45.9 Å². The smallest absolute Gasteiger partial charge is 0.413 e. The fourth-order valence-corrected chi connectivity index (χ4v) is 1.24. The summed E-state index contributed by atoms with van der Waals surface area (Å²) in [5.74, 6) is -0.678. The summed E-state index contributed by atoms with van der Waals surface area (Å²) in [6.07, 6.45) is 4.23. The lowest BCUT2D eigenvalue weighted by Crippen LogP contribution is -2.05. The number of benzene rings is 1. The van der Waals surface area contributed by atoms with Crippen molar-refractivity contribution in [1.82, 2.24) is 0 Å². The molecule has 0 atom stereocenters. The summed E-state index contributed by atoms with van der Waals surface area (Å²) in [4.78, 5) is 13.3.